The van der Waals surface area contributed by atoms with Gasteiger partial charge in [0.1, 0.15) is 18.2 Å². The molecule has 9 heteroatoms. The van der Waals surface area contributed by atoms with Crippen LogP contribution in [-0.4, -0.2) is 27.6 Å². The van der Waals surface area contributed by atoms with Crippen LogP contribution in [0.15, 0.2) is 41.3 Å². The highest BCUT2D eigenvalue weighted by atomic mass is 19.1. The summed E-state index contributed by atoms with van der Waals surface area (Å²) in [4.78, 5) is 22.7. The van der Waals surface area contributed by atoms with Crippen molar-refractivity contribution in [3.63, 3.8) is 0 Å². The molecule has 2 aliphatic rings. The number of rotatable bonds is 5. The van der Waals surface area contributed by atoms with Gasteiger partial charge in [0.2, 0.25) is 5.88 Å². The first kappa shape index (κ1) is 20.4. The Morgan fingerprint density at radius 3 is 2.72 bits per heavy atom. The van der Waals surface area contributed by atoms with Gasteiger partial charge in [0.25, 0.3) is 0 Å². The fraction of sp³-hybridized carbons (Fsp3) is 0.348. The van der Waals surface area contributed by atoms with Crippen molar-refractivity contribution < 1.29 is 18.3 Å². The van der Waals surface area contributed by atoms with Gasteiger partial charge in [0.15, 0.2) is 17.4 Å². The largest absolute Gasteiger partial charge is 0.473 e. The van der Waals surface area contributed by atoms with Crippen LogP contribution in [0.3, 0.4) is 0 Å². The van der Waals surface area contributed by atoms with Gasteiger partial charge >= 0.3 is 5.69 Å². The van der Waals surface area contributed by atoms with Gasteiger partial charge < -0.3 is 14.4 Å². The second-order valence-electron chi connectivity index (χ2n) is 8.21. The lowest BCUT2D eigenvalue weighted by Crippen LogP contribution is -2.46. The van der Waals surface area contributed by atoms with Crippen LogP contribution >= 0.6 is 0 Å². The summed E-state index contributed by atoms with van der Waals surface area (Å²) >= 11 is 0. The molecule has 32 heavy (non-hydrogen) atoms. The van der Waals surface area contributed by atoms with E-state index in [0.717, 1.165) is 49.6 Å². The Bertz CT molecular complexity index is 1190. The highest BCUT2D eigenvalue weighted by Gasteiger charge is 2.29. The van der Waals surface area contributed by atoms with Gasteiger partial charge in [0, 0.05) is 31.4 Å². The third-order valence-electron chi connectivity index (χ3n) is 5.80. The van der Waals surface area contributed by atoms with Crippen LogP contribution in [-0.2, 0) is 13.2 Å². The molecule has 7 nitrogen and oxygen atoms in total. The van der Waals surface area contributed by atoms with Gasteiger partial charge in [-0.3, -0.25) is 9.55 Å². The van der Waals surface area contributed by atoms with E-state index in [4.69, 9.17) is 9.47 Å². The van der Waals surface area contributed by atoms with Crippen molar-refractivity contribution in [3.8, 4) is 17.4 Å². The number of halogens is 2. The normalized spacial score (nSPS) is 17.1. The van der Waals surface area contributed by atoms with E-state index < -0.39 is 17.4 Å². The number of ether oxygens (including phenoxy) is 2. The van der Waals surface area contributed by atoms with Crippen LogP contribution in [0.5, 0.6) is 17.4 Å². The van der Waals surface area contributed by atoms with Crippen molar-refractivity contribution in [2.45, 2.75) is 32.9 Å². The monoisotopic (exact) mass is 440 g/mol. The number of fused-ring (bicyclic) bond motifs is 4. The molecule has 1 fully saturated rings. The molecule has 1 saturated heterocycles. The number of aryl methyl sites for hydroxylation is 1. The van der Waals surface area contributed by atoms with E-state index in [1.807, 2.05) is 0 Å². The molecule has 3 aromatic rings. The van der Waals surface area contributed by atoms with Crippen LogP contribution in [0.1, 0.15) is 24.1 Å². The number of pyridine rings is 1. The highest BCUT2D eigenvalue weighted by molar-refractivity contribution is 5.44. The quantitative estimate of drug-likeness (QED) is 0.601. The number of nitrogens with zero attached hydrogens (tertiary/aromatic N) is 4. The Balaban J connectivity index is 1.32. The molecule has 0 spiro atoms. The van der Waals surface area contributed by atoms with Crippen molar-refractivity contribution >= 4 is 5.82 Å². The molecule has 2 aliphatic heterocycles. The molecule has 0 radical (unpaired) electrons. The number of hydrogen-bond donors (Lipinski definition) is 0. The van der Waals surface area contributed by atoms with Crippen molar-refractivity contribution in [2.75, 3.05) is 18.0 Å². The predicted octanol–water partition coefficient (Wildman–Crippen LogP) is 3.83. The Kier molecular flexibility index (Phi) is 5.24. The van der Waals surface area contributed by atoms with E-state index in [-0.39, 0.29) is 29.5 Å². The average molecular weight is 440 g/mol. The van der Waals surface area contributed by atoms with E-state index in [1.165, 1.54) is 6.20 Å². The predicted molar refractivity (Wildman–Crippen MR) is 113 cm³/mol. The van der Waals surface area contributed by atoms with Gasteiger partial charge in [-0.1, -0.05) is 0 Å². The van der Waals surface area contributed by atoms with Crippen LogP contribution < -0.4 is 20.1 Å². The fourth-order valence-electron chi connectivity index (χ4n) is 4.24. The summed E-state index contributed by atoms with van der Waals surface area (Å²) in [6, 6.07) is 7.27. The van der Waals surface area contributed by atoms with Crippen LogP contribution in [0.4, 0.5) is 14.6 Å². The van der Waals surface area contributed by atoms with Crippen molar-refractivity contribution in [2.24, 2.45) is 5.92 Å². The highest BCUT2D eigenvalue weighted by Crippen LogP contribution is 2.31. The summed E-state index contributed by atoms with van der Waals surface area (Å²) in [5.41, 5.74) is 0.648. The Morgan fingerprint density at radius 1 is 1.16 bits per heavy atom. The summed E-state index contributed by atoms with van der Waals surface area (Å²) in [7, 11) is 0. The maximum atomic E-state index is 14.5. The SMILES string of the molecule is Cc1ccc(Oc2c(F)cc(COc3cc4n(c(=O)n3)C[C@H]3CCCN4C3)cc2F)cn1. The molecule has 0 saturated carbocycles. The molecule has 4 heterocycles. The molecule has 2 bridgehead atoms. The van der Waals surface area contributed by atoms with E-state index in [9.17, 15) is 13.6 Å². The standard InChI is InChI=1S/C23H22F2N4O3/c1-14-4-5-17(10-26-14)32-22-18(24)7-16(8-19(22)25)13-31-20-9-21-28-6-2-3-15(11-28)12-29(21)23(30)27-20/h4-5,7-10,15H,2-3,6,11-13H2,1H3/t15-/m0/s1. The van der Waals surface area contributed by atoms with E-state index in [2.05, 4.69) is 14.9 Å². The Morgan fingerprint density at radius 2 is 1.97 bits per heavy atom. The lowest BCUT2D eigenvalue weighted by Gasteiger charge is -2.40. The number of anilines is 1. The maximum Gasteiger partial charge on any atom is 0.352 e. The minimum Gasteiger partial charge on any atom is -0.473 e. The molecular formula is C23H22F2N4O3. The summed E-state index contributed by atoms with van der Waals surface area (Å²) in [5, 5.41) is 0. The average Bonchev–Trinajstić information content (AvgIpc) is 2.77. The Hall–Kier alpha value is -3.49. The van der Waals surface area contributed by atoms with Crippen molar-refractivity contribution in [1.82, 2.24) is 14.5 Å². The molecule has 2 aromatic heterocycles. The molecule has 5 rings (SSSR count). The van der Waals surface area contributed by atoms with Gasteiger partial charge in [-0.05, 0) is 55.5 Å². The minimum absolute atomic E-state index is 0.136. The molecule has 0 amide bonds. The summed E-state index contributed by atoms with van der Waals surface area (Å²) in [6.07, 6.45) is 3.59. The summed E-state index contributed by atoms with van der Waals surface area (Å²) in [5.74, 6) is -0.616. The first-order valence-electron chi connectivity index (χ1n) is 10.5. The smallest absolute Gasteiger partial charge is 0.352 e. The molecule has 1 aromatic carbocycles. The van der Waals surface area contributed by atoms with Crippen molar-refractivity contribution in [3.05, 3.63) is 69.9 Å². The number of benzene rings is 1. The van der Waals surface area contributed by atoms with E-state index in [0.29, 0.717) is 12.5 Å². The van der Waals surface area contributed by atoms with Gasteiger partial charge in [-0.25, -0.2) is 13.6 Å². The van der Waals surface area contributed by atoms with Crippen LogP contribution in [0.25, 0.3) is 0 Å². The third kappa shape index (κ3) is 4.02. The number of piperidine rings is 1. The Labute approximate surface area is 183 Å². The summed E-state index contributed by atoms with van der Waals surface area (Å²) < 4.78 is 41.6. The molecular weight excluding hydrogens is 418 g/mol. The topological polar surface area (TPSA) is 69.5 Å². The van der Waals surface area contributed by atoms with Gasteiger partial charge in [-0.2, -0.15) is 4.98 Å². The number of hydrogen-bond acceptors (Lipinski definition) is 6. The zero-order valence-electron chi connectivity index (χ0n) is 17.6. The zero-order valence-corrected chi connectivity index (χ0v) is 17.6. The lowest BCUT2D eigenvalue weighted by molar-refractivity contribution is 0.281. The van der Waals surface area contributed by atoms with E-state index in [1.54, 1.807) is 29.7 Å². The first-order chi connectivity index (χ1) is 15.5. The van der Waals surface area contributed by atoms with Gasteiger partial charge in [-0.15, -0.1) is 0 Å². The van der Waals surface area contributed by atoms with E-state index >= 15 is 0 Å². The first-order valence-corrected chi connectivity index (χ1v) is 10.5. The van der Waals surface area contributed by atoms with Gasteiger partial charge in [0.05, 0.1) is 6.20 Å². The zero-order chi connectivity index (χ0) is 22.2. The molecule has 1 atom stereocenters. The second-order valence-corrected chi connectivity index (χ2v) is 8.21. The number of aromatic nitrogens is 3. The fourth-order valence-corrected chi connectivity index (χ4v) is 4.24. The molecule has 0 aliphatic carbocycles. The molecule has 0 unspecified atom stereocenters. The molecule has 166 valence electrons. The van der Waals surface area contributed by atoms with Crippen LogP contribution in [0.2, 0.25) is 0 Å². The third-order valence-corrected chi connectivity index (χ3v) is 5.80. The van der Waals surface area contributed by atoms with Crippen molar-refractivity contribution in [1.29, 1.82) is 0 Å². The second kappa shape index (κ2) is 8.22. The lowest BCUT2D eigenvalue weighted by atomic mass is 9.96. The molecule has 0 N–H and O–H groups in total. The minimum atomic E-state index is -0.859. The summed E-state index contributed by atoms with van der Waals surface area (Å²) in [6.45, 7) is 4.12. The maximum absolute atomic E-state index is 14.5. The van der Waals surface area contributed by atoms with Crippen LogP contribution in [0, 0.1) is 24.5 Å².